The Bertz CT molecular complexity index is 787. The van der Waals surface area contributed by atoms with Gasteiger partial charge >= 0.3 is 5.97 Å². The summed E-state index contributed by atoms with van der Waals surface area (Å²) >= 11 is 5.90. The molecule has 0 spiro atoms. The number of benzene rings is 2. The van der Waals surface area contributed by atoms with E-state index < -0.39 is 5.97 Å². The van der Waals surface area contributed by atoms with Crippen LogP contribution in [0.4, 0.5) is 0 Å². The molecule has 1 aliphatic heterocycles. The Morgan fingerprint density at radius 1 is 1.04 bits per heavy atom. The summed E-state index contributed by atoms with van der Waals surface area (Å²) in [6, 6.07) is 15.3. The van der Waals surface area contributed by atoms with Crippen molar-refractivity contribution in [2.75, 3.05) is 0 Å². The van der Waals surface area contributed by atoms with Gasteiger partial charge in [0, 0.05) is 10.6 Å². The summed E-state index contributed by atoms with van der Waals surface area (Å²) in [5.41, 5.74) is 3.96. The molecule has 23 heavy (non-hydrogen) atoms. The van der Waals surface area contributed by atoms with Crippen LogP contribution < -0.4 is 0 Å². The molecule has 0 atom stereocenters. The number of halogens is 1. The fraction of sp³-hybridized carbons (Fsp3) is 0.158. The van der Waals surface area contributed by atoms with Crippen LogP contribution in [0.1, 0.15) is 36.5 Å². The first-order valence-corrected chi connectivity index (χ1v) is 7.79. The van der Waals surface area contributed by atoms with Gasteiger partial charge in [0.25, 0.3) is 0 Å². The zero-order valence-electron chi connectivity index (χ0n) is 12.9. The summed E-state index contributed by atoms with van der Waals surface area (Å²) in [5, 5.41) is 4.53. The van der Waals surface area contributed by atoms with Crippen molar-refractivity contribution >= 4 is 29.4 Å². The second-order valence-corrected chi connectivity index (χ2v) is 6.14. The van der Waals surface area contributed by atoms with Crippen LogP contribution in [0, 0.1) is 0 Å². The Hall–Kier alpha value is -2.39. The third-order valence-electron chi connectivity index (χ3n) is 3.73. The van der Waals surface area contributed by atoms with E-state index in [-0.39, 0.29) is 0 Å². The van der Waals surface area contributed by atoms with E-state index in [0.29, 0.717) is 22.2 Å². The molecule has 0 saturated heterocycles. The standard InChI is InChI=1S/C19H16ClNO2/c1-12(2)14-5-3-13(4-6-14)11-17-18(21-23-19(17)22)15-7-9-16(20)10-8-15/h3-12H,1-2H3/b17-11+. The lowest BCUT2D eigenvalue weighted by Crippen LogP contribution is -2.06. The summed E-state index contributed by atoms with van der Waals surface area (Å²) < 4.78 is 0. The highest BCUT2D eigenvalue weighted by Crippen LogP contribution is 2.23. The Morgan fingerprint density at radius 2 is 1.70 bits per heavy atom. The molecular weight excluding hydrogens is 310 g/mol. The number of carbonyl (C=O) groups excluding carboxylic acids is 1. The number of rotatable bonds is 3. The fourth-order valence-electron chi connectivity index (χ4n) is 2.37. The maximum Gasteiger partial charge on any atom is 0.368 e. The smallest absolute Gasteiger partial charge is 0.312 e. The van der Waals surface area contributed by atoms with Crippen molar-refractivity contribution in [3.05, 3.63) is 75.8 Å². The van der Waals surface area contributed by atoms with Crippen LogP contribution in [0.25, 0.3) is 6.08 Å². The second-order valence-electron chi connectivity index (χ2n) is 5.70. The molecule has 0 saturated carbocycles. The summed E-state index contributed by atoms with van der Waals surface area (Å²) in [7, 11) is 0. The van der Waals surface area contributed by atoms with Gasteiger partial charge in [-0.15, -0.1) is 0 Å². The van der Waals surface area contributed by atoms with E-state index in [2.05, 4.69) is 31.1 Å². The van der Waals surface area contributed by atoms with Gasteiger partial charge in [0.1, 0.15) is 5.71 Å². The van der Waals surface area contributed by atoms with Crippen LogP contribution in [0.15, 0.2) is 59.3 Å². The molecule has 2 aromatic rings. The topological polar surface area (TPSA) is 38.7 Å². The first-order valence-electron chi connectivity index (χ1n) is 7.42. The molecule has 3 nitrogen and oxygen atoms in total. The third-order valence-corrected chi connectivity index (χ3v) is 3.98. The van der Waals surface area contributed by atoms with Crippen molar-refractivity contribution in [3.8, 4) is 0 Å². The summed E-state index contributed by atoms with van der Waals surface area (Å²) in [4.78, 5) is 16.8. The quantitative estimate of drug-likeness (QED) is 0.600. The predicted octanol–water partition coefficient (Wildman–Crippen LogP) is 4.81. The molecule has 3 rings (SSSR count). The minimum Gasteiger partial charge on any atom is -0.312 e. The maximum atomic E-state index is 12.0. The second kappa shape index (κ2) is 6.39. The Labute approximate surface area is 140 Å². The number of carbonyl (C=O) groups is 1. The zero-order valence-corrected chi connectivity index (χ0v) is 13.7. The molecule has 0 bridgehead atoms. The van der Waals surface area contributed by atoms with Gasteiger partial charge in [-0.25, -0.2) is 4.79 Å². The first kappa shape index (κ1) is 15.5. The molecule has 0 amide bonds. The van der Waals surface area contributed by atoms with E-state index in [1.807, 2.05) is 24.3 Å². The molecule has 1 aliphatic rings. The van der Waals surface area contributed by atoms with Gasteiger partial charge in [-0.05, 0) is 35.3 Å². The Balaban J connectivity index is 1.94. The highest BCUT2D eigenvalue weighted by Gasteiger charge is 2.26. The average molecular weight is 326 g/mol. The summed E-state index contributed by atoms with van der Waals surface area (Å²) in [6.45, 7) is 4.29. The lowest BCUT2D eigenvalue weighted by Gasteiger charge is -2.05. The van der Waals surface area contributed by atoms with Gasteiger partial charge < -0.3 is 4.84 Å². The third kappa shape index (κ3) is 3.35. The lowest BCUT2D eigenvalue weighted by atomic mass is 9.98. The molecule has 116 valence electrons. The SMILES string of the molecule is CC(C)c1ccc(/C=C2/C(=O)ON=C2c2ccc(Cl)cc2)cc1. The van der Waals surface area contributed by atoms with E-state index >= 15 is 0 Å². The molecule has 0 aromatic heterocycles. The maximum absolute atomic E-state index is 12.0. The monoisotopic (exact) mass is 325 g/mol. The Morgan fingerprint density at radius 3 is 2.30 bits per heavy atom. The van der Waals surface area contributed by atoms with Gasteiger partial charge in [0.15, 0.2) is 0 Å². The molecule has 0 aliphatic carbocycles. The molecule has 0 N–H and O–H groups in total. The number of oxime groups is 1. The summed E-state index contributed by atoms with van der Waals surface area (Å²) in [5.74, 6) is 0.0298. The number of hydrogen-bond donors (Lipinski definition) is 0. The lowest BCUT2D eigenvalue weighted by molar-refractivity contribution is -0.136. The molecule has 4 heteroatoms. The van der Waals surface area contributed by atoms with Crippen LogP contribution in [0.3, 0.4) is 0 Å². The molecular formula is C19H16ClNO2. The summed E-state index contributed by atoms with van der Waals surface area (Å²) in [6.07, 6.45) is 1.80. The molecule has 0 unspecified atom stereocenters. The highest BCUT2D eigenvalue weighted by atomic mass is 35.5. The molecule has 0 fully saturated rings. The van der Waals surface area contributed by atoms with Gasteiger partial charge in [-0.3, -0.25) is 0 Å². The van der Waals surface area contributed by atoms with Crippen LogP contribution in [-0.4, -0.2) is 11.7 Å². The zero-order chi connectivity index (χ0) is 16.4. The van der Waals surface area contributed by atoms with Crippen molar-refractivity contribution < 1.29 is 9.63 Å². The number of hydrogen-bond acceptors (Lipinski definition) is 3. The average Bonchev–Trinajstić information content (AvgIpc) is 2.90. The van der Waals surface area contributed by atoms with Crippen molar-refractivity contribution in [2.24, 2.45) is 5.16 Å². The van der Waals surface area contributed by atoms with E-state index in [9.17, 15) is 4.79 Å². The molecule has 1 heterocycles. The highest BCUT2D eigenvalue weighted by molar-refractivity contribution is 6.32. The minimum atomic E-state index is -0.442. The minimum absolute atomic E-state index is 0.442. The predicted molar refractivity (Wildman–Crippen MR) is 92.6 cm³/mol. The molecule has 2 aromatic carbocycles. The van der Waals surface area contributed by atoms with E-state index in [1.54, 1.807) is 18.2 Å². The van der Waals surface area contributed by atoms with E-state index in [4.69, 9.17) is 16.4 Å². The van der Waals surface area contributed by atoms with Gasteiger partial charge in [0.05, 0.1) is 5.57 Å². The first-order chi connectivity index (χ1) is 11.0. The largest absolute Gasteiger partial charge is 0.368 e. The number of nitrogens with zero attached hydrogens (tertiary/aromatic N) is 1. The van der Waals surface area contributed by atoms with Crippen LogP contribution >= 0.6 is 11.6 Å². The van der Waals surface area contributed by atoms with Crippen LogP contribution in [-0.2, 0) is 9.63 Å². The van der Waals surface area contributed by atoms with Gasteiger partial charge in [0.2, 0.25) is 0 Å². The van der Waals surface area contributed by atoms with E-state index in [0.717, 1.165) is 11.1 Å². The van der Waals surface area contributed by atoms with Crippen molar-refractivity contribution in [1.29, 1.82) is 0 Å². The van der Waals surface area contributed by atoms with E-state index in [1.165, 1.54) is 5.56 Å². The van der Waals surface area contributed by atoms with Gasteiger partial charge in [-0.1, -0.05) is 67.0 Å². The van der Waals surface area contributed by atoms with Crippen molar-refractivity contribution in [2.45, 2.75) is 19.8 Å². The van der Waals surface area contributed by atoms with Crippen LogP contribution in [0.2, 0.25) is 5.02 Å². The van der Waals surface area contributed by atoms with Crippen molar-refractivity contribution in [3.63, 3.8) is 0 Å². The normalized spacial score (nSPS) is 15.9. The van der Waals surface area contributed by atoms with Crippen molar-refractivity contribution in [1.82, 2.24) is 0 Å². The fourth-order valence-corrected chi connectivity index (χ4v) is 2.50. The van der Waals surface area contributed by atoms with Gasteiger partial charge in [-0.2, -0.15) is 0 Å². The van der Waals surface area contributed by atoms with Crippen LogP contribution in [0.5, 0.6) is 0 Å². The molecule has 0 radical (unpaired) electrons. The Kier molecular flexibility index (Phi) is 4.30.